The fourth-order valence-corrected chi connectivity index (χ4v) is 5.76. The summed E-state index contributed by atoms with van der Waals surface area (Å²) in [5.74, 6) is -1.18. The number of hydrogen-bond donors (Lipinski definition) is 3. The number of nitrogens with one attached hydrogen (secondary N) is 3. The van der Waals surface area contributed by atoms with Crippen LogP contribution >= 0.6 is 22.9 Å². The van der Waals surface area contributed by atoms with Gasteiger partial charge in [0.1, 0.15) is 16.9 Å². The van der Waals surface area contributed by atoms with E-state index in [-0.39, 0.29) is 30.1 Å². The third-order valence-electron chi connectivity index (χ3n) is 4.70. The summed E-state index contributed by atoms with van der Waals surface area (Å²) in [7, 11) is -4.01. The van der Waals surface area contributed by atoms with E-state index in [0.717, 1.165) is 10.4 Å². The first-order chi connectivity index (χ1) is 14.8. The molecule has 2 aromatic heterocycles. The number of carbonyl (C=O) groups excluding carboxylic acids is 1. The molecule has 14 heteroatoms. The molecule has 31 heavy (non-hydrogen) atoms. The van der Waals surface area contributed by atoms with E-state index in [0.29, 0.717) is 10.7 Å². The molecule has 3 heterocycles. The average molecular weight is 486 g/mol. The van der Waals surface area contributed by atoms with Gasteiger partial charge in [-0.3, -0.25) is 9.89 Å². The van der Waals surface area contributed by atoms with E-state index in [1.165, 1.54) is 23.5 Å². The number of thiazole rings is 1. The Morgan fingerprint density at radius 3 is 2.94 bits per heavy atom. The van der Waals surface area contributed by atoms with Gasteiger partial charge in [-0.1, -0.05) is 16.8 Å². The molecule has 4 rings (SSSR count). The fraction of sp³-hybridized carbons (Fsp3) is 0.294. The van der Waals surface area contributed by atoms with Crippen LogP contribution in [0.25, 0.3) is 0 Å². The van der Waals surface area contributed by atoms with E-state index < -0.39 is 34.0 Å². The summed E-state index contributed by atoms with van der Waals surface area (Å²) in [5, 5.41) is 14.8. The maximum Gasteiger partial charge on any atom is 0.280 e. The molecule has 0 aliphatic carbocycles. The topological polar surface area (TPSA) is 133 Å². The summed E-state index contributed by atoms with van der Waals surface area (Å²) in [4.78, 5) is 17.3. The number of nitrogens with zero attached hydrogens (tertiary/aromatic N) is 4. The third-order valence-corrected chi connectivity index (χ3v) is 7.52. The first-order valence-electron chi connectivity index (χ1n) is 9.13. The van der Waals surface area contributed by atoms with Gasteiger partial charge in [-0.05, 0) is 24.6 Å². The summed E-state index contributed by atoms with van der Waals surface area (Å²) in [6.45, 7) is 0.00865. The standard InChI is InChI=1S/C17H17ClFN7O3S2/c18-12-7-10(1-2-13(12)19)22-16(27)15-8-14(17-20-4-6-30-17)24-31(28,29)26(15)5-3-11-9-21-25-23-11/h1-2,4,6-7,9,14-15,24H,3,5,8H2,(H,22,27)(H,21,23,25)/t14-,15+/m0/s1. The Kier molecular flexibility index (Phi) is 6.29. The Morgan fingerprint density at radius 1 is 1.42 bits per heavy atom. The molecule has 1 saturated heterocycles. The van der Waals surface area contributed by atoms with Crippen LogP contribution in [0.5, 0.6) is 0 Å². The zero-order valence-corrected chi connectivity index (χ0v) is 18.2. The lowest BCUT2D eigenvalue weighted by Gasteiger charge is -2.37. The molecule has 0 radical (unpaired) electrons. The molecule has 0 bridgehead atoms. The van der Waals surface area contributed by atoms with Gasteiger partial charge in [-0.15, -0.1) is 16.4 Å². The van der Waals surface area contributed by atoms with Crippen molar-refractivity contribution in [1.29, 1.82) is 0 Å². The monoisotopic (exact) mass is 485 g/mol. The maximum atomic E-state index is 13.4. The van der Waals surface area contributed by atoms with Crippen LogP contribution in [0.1, 0.15) is 23.2 Å². The number of rotatable bonds is 6. The molecule has 1 aromatic carbocycles. The molecule has 1 fully saturated rings. The number of aromatic amines is 1. The van der Waals surface area contributed by atoms with E-state index in [9.17, 15) is 17.6 Å². The van der Waals surface area contributed by atoms with Crippen molar-refractivity contribution in [2.45, 2.75) is 24.9 Å². The van der Waals surface area contributed by atoms with Gasteiger partial charge in [-0.2, -0.15) is 17.4 Å². The summed E-state index contributed by atoms with van der Waals surface area (Å²) in [5.41, 5.74) is 0.816. The largest absolute Gasteiger partial charge is 0.325 e. The molecule has 1 aliphatic rings. The number of anilines is 1. The van der Waals surface area contributed by atoms with Crippen molar-refractivity contribution in [3.05, 3.63) is 57.5 Å². The van der Waals surface area contributed by atoms with Gasteiger partial charge in [-0.25, -0.2) is 9.37 Å². The van der Waals surface area contributed by atoms with Gasteiger partial charge in [0.05, 0.1) is 16.8 Å². The number of carbonyl (C=O) groups is 1. The molecule has 0 spiro atoms. The molecule has 3 aromatic rings. The summed E-state index contributed by atoms with van der Waals surface area (Å²) < 4.78 is 43.1. The normalized spacial score (nSPS) is 21.1. The summed E-state index contributed by atoms with van der Waals surface area (Å²) >= 11 is 7.08. The molecule has 1 amide bonds. The van der Waals surface area contributed by atoms with Crippen molar-refractivity contribution in [3.8, 4) is 0 Å². The maximum absolute atomic E-state index is 13.4. The van der Waals surface area contributed by atoms with E-state index in [4.69, 9.17) is 11.6 Å². The van der Waals surface area contributed by atoms with Crippen LogP contribution in [0.15, 0.2) is 36.0 Å². The predicted molar refractivity (Wildman–Crippen MR) is 112 cm³/mol. The fourth-order valence-electron chi connectivity index (χ4n) is 3.25. The number of H-pyrrole nitrogens is 1. The SMILES string of the molecule is O=C(Nc1ccc(F)c(Cl)c1)[C@H]1C[C@@H](c2nccs2)NS(=O)(=O)N1CCc1c[nH]nn1. The second-order valence-electron chi connectivity index (χ2n) is 6.74. The third kappa shape index (κ3) is 4.91. The van der Waals surface area contributed by atoms with Crippen LogP contribution in [0.3, 0.4) is 0 Å². The average Bonchev–Trinajstić information content (AvgIpc) is 3.42. The summed E-state index contributed by atoms with van der Waals surface area (Å²) in [6.07, 6.45) is 3.54. The van der Waals surface area contributed by atoms with Crippen LogP contribution in [0.2, 0.25) is 5.02 Å². The number of benzene rings is 1. The molecule has 1 aliphatic heterocycles. The van der Waals surface area contributed by atoms with Gasteiger partial charge < -0.3 is 5.32 Å². The first-order valence-corrected chi connectivity index (χ1v) is 11.8. The van der Waals surface area contributed by atoms with Crippen LogP contribution in [-0.4, -0.2) is 51.6 Å². The number of aromatic nitrogens is 4. The second-order valence-corrected chi connectivity index (χ2v) is 9.73. The minimum atomic E-state index is -4.01. The van der Waals surface area contributed by atoms with Crippen molar-refractivity contribution < 1.29 is 17.6 Å². The van der Waals surface area contributed by atoms with Crippen LogP contribution in [0.4, 0.5) is 10.1 Å². The van der Waals surface area contributed by atoms with Gasteiger partial charge in [0, 0.05) is 36.4 Å². The molecule has 3 N–H and O–H groups in total. The Hall–Kier alpha value is -2.45. The van der Waals surface area contributed by atoms with Crippen LogP contribution < -0.4 is 10.0 Å². The molecular weight excluding hydrogens is 469 g/mol. The van der Waals surface area contributed by atoms with E-state index in [2.05, 4.69) is 30.4 Å². The van der Waals surface area contributed by atoms with Crippen molar-refractivity contribution in [2.75, 3.05) is 11.9 Å². The minimum absolute atomic E-state index is 0.00865. The van der Waals surface area contributed by atoms with Crippen molar-refractivity contribution >= 4 is 44.7 Å². The molecule has 2 atom stereocenters. The van der Waals surface area contributed by atoms with Crippen molar-refractivity contribution in [2.24, 2.45) is 0 Å². The van der Waals surface area contributed by atoms with Crippen molar-refractivity contribution in [3.63, 3.8) is 0 Å². The molecule has 0 unspecified atom stereocenters. The lowest BCUT2D eigenvalue weighted by molar-refractivity contribution is -0.120. The zero-order chi connectivity index (χ0) is 22.0. The smallest absolute Gasteiger partial charge is 0.280 e. The Morgan fingerprint density at radius 2 is 2.26 bits per heavy atom. The number of halogens is 2. The van der Waals surface area contributed by atoms with E-state index in [1.807, 2.05) is 0 Å². The highest BCUT2D eigenvalue weighted by molar-refractivity contribution is 7.87. The number of amides is 1. The number of hydrogen-bond acceptors (Lipinski definition) is 7. The van der Waals surface area contributed by atoms with Gasteiger partial charge in [0.15, 0.2) is 0 Å². The molecular formula is C17H17ClFN7O3S2. The Labute approximate surface area is 186 Å². The quantitative estimate of drug-likeness (QED) is 0.488. The van der Waals surface area contributed by atoms with E-state index in [1.54, 1.807) is 17.8 Å². The van der Waals surface area contributed by atoms with E-state index >= 15 is 0 Å². The van der Waals surface area contributed by atoms with Gasteiger partial charge >= 0.3 is 0 Å². The predicted octanol–water partition coefficient (Wildman–Crippen LogP) is 1.88. The minimum Gasteiger partial charge on any atom is -0.325 e. The highest BCUT2D eigenvalue weighted by Gasteiger charge is 2.43. The highest BCUT2D eigenvalue weighted by Crippen LogP contribution is 2.31. The highest BCUT2D eigenvalue weighted by atomic mass is 35.5. The molecule has 0 saturated carbocycles. The van der Waals surface area contributed by atoms with Crippen LogP contribution in [-0.2, 0) is 21.4 Å². The van der Waals surface area contributed by atoms with Crippen LogP contribution in [0, 0.1) is 5.82 Å². The Balaban J connectivity index is 1.60. The molecule has 10 nitrogen and oxygen atoms in total. The van der Waals surface area contributed by atoms with Gasteiger partial charge in [0.25, 0.3) is 10.2 Å². The Bertz CT molecular complexity index is 1160. The second kappa shape index (κ2) is 8.96. The molecule has 164 valence electrons. The first kappa shape index (κ1) is 21.8. The zero-order valence-electron chi connectivity index (χ0n) is 15.8. The lowest BCUT2D eigenvalue weighted by atomic mass is 10.1. The van der Waals surface area contributed by atoms with Crippen molar-refractivity contribution in [1.82, 2.24) is 29.4 Å². The lowest BCUT2D eigenvalue weighted by Crippen LogP contribution is -2.58. The summed E-state index contributed by atoms with van der Waals surface area (Å²) in [6, 6.07) is 2.06. The van der Waals surface area contributed by atoms with Gasteiger partial charge in [0.2, 0.25) is 5.91 Å².